The van der Waals surface area contributed by atoms with Gasteiger partial charge < -0.3 is 4.74 Å². The van der Waals surface area contributed by atoms with Crippen LogP contribution in [0.25, 0.3) is 0 Å². The van der Waals surface area contributed by atoms with E-state index >= 15 is 0 Å². The van der Waals surface area contributed by atoms with Crippen LogP contribution in [0.4, 0.5) is 8.78 Å². The minimum Gasteiger partial charge on any atom is -0.377 e. The van der Waals surface area contributed by atoms with E-state index in [0.29, 0.717) is 13.1 Å². The highest BCUT2D eigenvalue weighted by Gasteiger charge is 2.19. The second kappa shape index (κ2) is 7.66. The molecule has 2 aromatic carbocycles. The van der Waals surface area contributed by atoms with Gasteiger partial charge in [0.25, 0.3) is 0 Å². The fraction of sp³-hybridized carbons (Fsp3) is 0.368. The van der Waals surface area contributed by atoms with Gasteiger partial charge in [-0.1, -0.05) is 24.3 Å². The summed E-state index contributed by atoms with van der Waals surface area (Å²) in [5.74, 6) is -0.453. The molecular weight excluding hydrogens is 296 g/mol. The molecule has 2 nitrogen and oxygen atoms in total. The molecule has 0 N–H and O–H groups in total. The van der Waals surface area contributed by atoms with Gasteiger partial charge in [0, 0.05) is 26.2 Å². The van der Waals surface area contributed by atoms with Gasteiger partial charge in [-0.15, -0.1) is 0 Å². The highest BCUT2D eigenvalue weighted by atomic mass is 19.1. The quantitative estimate of drug-likeness (QED) is 0.794. The number of nitrogens with zero attached hydrogens (tertiary/aromatic N) is 1. The van der Waals surface area contributed by atoms with E-state index in [1.165, 1.54) is 18.2 Å². The molecule has 1 fully saturated rings. The van der Waals surface area contributed by atoms with Crippen molar-refractivity contribution in [2.45, 2.75) is 32.0 Å². The van der Waals surface area contributed by atoms with Gasteiger partial charge >= 0.3 is 0 Å². The zero-order valence-corrected chi connectivity index (χ0v) is 13.1. The SMILES string of the molecule is Fc1ccc(CN(Cc2cccc(F)c2)CC2CCCO2)cc1. The molecule has 3 rings (SSSR count). The molecule has 2 aromatic rings. The molecule has 23 heavy (non-hydrogen) atoms. The number of halogens is 2. The number of benzene rings is 2. The summed E-state index contributed by atoms with van der Waals surface area (Å²) in [6.07, 6.45) is 2.38. The molecule has 0 aromatic heterocycles. The smallest absolute Gasteiger partial charge is 0.123 e. The summed E-state index contributed by atoms with van der Waals surface area (Å²) in [6, 6.07) is 13.2. The summed E-state index contributed by atoms with van der Waals surface area (Å²) in [5.41, 5.74) is 1.98. The van der Waals surface area contributed by atoms with Crippen LogP contribution in [0.5, 0.6) is 0 Å². The second-order valence-corrected chi connectivity index (χ2v) is 6.06. The van der Waals surface area contributed by atoms with E-state index in [1.807, 2.05) is 6.07 Å². The van der Waals surface area contributed by atoms with Crippen molar-refractivity contribution < 1.29 is 13.5 Å². The molecule has 0 radical (unpaired) electrons. The Morgan fingerprint density at radius 1 is 0.957 bits per heavy atom. The van der Waals surface area contributed by atoms with Crippen molar-refractivity contribution >= 4 is 0 Å². The van der Waals surface area contributed by atoms with Crippen molar-refractivity contribution in [3.8, 4) is 0 Å². The highest BCUT2D eigenvalue weighted by Crippen LogP contribution is 2.18. The van der Waals surface area contributed by atoms with Crippen molar-refractivity contribution in [2.75, 3.05) is 13.2 Å². The Morgan fingerprint density at radius 3 is 2.43 bits per heavy atom. The molecule has 0 spiro atoms. The largest absolute Gasteiger partial charge is 0.377 e. The van der Waals surface area contributed by atoms with Crippen LogP contribution in [0, 0.1) is 11.6 Å². The number of hydrogen-bond acceptors (Lipinski definition) is 2. The fourth-order valence-corrected chi connectivity index (χ4v) is 3.00. The summed E-state index contributed by atoms with van der Waals surface area (Å²) < 4.78 is 32.2. The van der Waals surface area contributed by atoms with E-state index in [1.54, 1.807) is 24.3 Å². The molecule has 1 unspecified atom stereocenters. The van der Waals surface area contributed by atoms with E-state index in [-0.39, 0.29) is 17.7 Å². The number of hydrogen-bond donors (Lipinski definition) is 0. The first kappa shape index (κ1) is 16.1. The van der Waals surface area contributed by atoms with Gasteiger partial charge in [0.15, 0.2) is 0 Å². The predicted molar refractivity (Wildman–Crippen MR) is 85.9 cm³/mol. The Balaban J connectivity index is 1.70. The third kappa shape index (κ3) is 4.85. The van der Waals surface area contributed by atoms with Gasteiger partial charge in [-0.2, -0.15) is 0 Å². The van der Waals surface area contributed by atoms with Crippen molar-refractivity contribution in [1.82, 2.24) is 4.90 Å². The maximum Gasteiger partial charge on any atom is 0.123 e. The third-order valence-corrected chi connectivity index (χ3v) is 4.10. The molecule has 4 heteroatoms. The minimum absolute atomic E-state index is 0.221. The van der Waals surface area contributed by atoms with Crippen LogP contribution >= 0.6 is 0 Å². The number of ether oxygens (including phenoxy) is 1. The summed E-state index contributed by atoms with van der Waals surface area (Å²) in [4.78, 5) is 2.23. The topological polar surface area (TPSA) is 12.5 Å². The van der Waals surface area contributed by atoms with Crippen LogP contribution in [-0.4, -0.2) is 24.2 Å². The van der Waals surface area contributed by atoms with Gasteiger partial charge in [-0.3, -0.25) is 4.90 Å². The molecular formula is C19H21F2NO. The van der Waals surface area contributed by atoms with Gasteiger partial charge in [-0.05, 0) is 48.2 Å². The van der Waals surface area contributed by atoms with Gasteiger partial charge in [0.1, 0.15) is 11.6 Å². The average molecular weight is 317 g/mol. The average Bonchev–Trinajstić information content (AvgIpc) is 3.02. The van der Waals surface area contributed by atoms with Crippen molar-refractivity contribution in [1.29, 1.82) is 0 Å². The lowest BCUT2D eigenvalue weighted by atomic mass is 10.1. The molecule has 0 aliphatic carbocycles. The van der Waals surface area contributed by atoms with Crippen molar-refractivity contribution in [2.24, 2.45) is 0 Å². The van der Waals surface area contributed by atoms with Crippen molar-refractivity contribution in [3.05, 3.63) is 71.3 Å². The van der Waals surface area contributed by atoms with E-state index in [9.17, 15) is 8.78 Å². The first-order chi connectivity index (χ1) is 11.2. The molecule has 1 heterocycles. The molecule has 0 saturated carbocycles. The summed E-state index contributed by atoms with van der Waals surface area (Å²) in [6.45, 7) is 2.95. The Labute approximate surface area is 135 Å². The standard InChI is InChI=1S/C19H21F2NO/c20-17-8-6-15(7-9-17)12-22(14-19-5-2-10-23-19)13-16-3-1-4-18(21)11-16/h1,3-4,6-9,11,19H,2,5,10,12-14H2. The fourth-order valence-electron chi connectivity index (χ4n) is 3.00. The Bertz CT molecular complexity index is 624. The van der Waals surface area contributed by atoms with E-state index in [4.69, 9.17) is 4.74 Å². The van der Waals surface area contributed by atoms with E-state index in [0.717, 1.165) is 37.1 Å². The maximum atomic E-state index is 13.4. The monoisotopic (exact) mass is 317 g/mol. The maximum absolute atomic E-state index is 13.4. The molecule has 1 aliphatic rings. The first-order valence-corrected chi connectivity index (χ1v) is 8.02. The Morgan fingerprint density at radius 2 is 1.74 bits per heavy atom. The van der Waals surface area contributed by atoms with Crippen LogP contribution < -0.4 is 0 Å². The molecule has 0 bridgehead atoms. The van der Waals surface area contributed by atoms with Crippen LogP contribution in [0.15, 0.2) is 48.5 Å². The Kier molecular flexibility index (Phi) is 5.36. The van der Waals surface area contributed by atoms with E-state index < -0.39 is 0 Å². The van der Waals surface area contributed by atoms with Crippen LogP contribution in [0.3, 0.4) is 0 Å². The molecule has 0 amide bonds. The van der Waals surface area contributed by atoms with E-state index in [2.05, 4.69) is 4.90 Å². The zero-order chi connectivity index (χ0) is 16.1. The number of rotatable bonds is 6. The van der Waals surface area contributed by atoms with Crippen LogP contribution in [0.1, 0.15) is 24.0 Å². The lowest BCUT2D eigenvalue weighted by Gasteiger charge is -2.25. The second-order valence-electron chi connectivity index (χ2n) is 6.06. The lowest BCUT2D eigenvalue weighted by Crippen LogP contribution is -2.31. The van der Waals surface area contributed by atoms with Gasteiger partial charge in [-0.25, -0.2) is 8.78 Å². The Hall–Kier alpha value is -1.78. The molecule has 1 atom stereocenters. The molecule has 122 valence electrons. The van der Waals surface area contributed by atoms with Crippen LogP contribution in [0.2, 0.25) is 0 Å². The molecule has 1 saturated heterocycles. The minimum atomic E-state index is -0.232. The predicted octanol–water partition coefficient (Wildman–Crippen LogP) is 4.15. The first-order valence-electron chi connectivity index (χ1n) is 8.02. The van der Waals surface area contributed by atoms with Crippen molar-refractivity contribution in [3.63, 3.8) is 0 Å². The zero-order valence-electron chi connectivity index (χ0n) is 13.1. The summed E-state index contributed by atoms with van der Waals surface area (Å²) in [5, 5.41) is 0. The van der Waals surface area contributed by atoms with Crippen LogP contribution in [-0.2, 0) is 17.8 Å². The highest BCUT2D eigenvalue weighted by molar-refractivity contribution is 5.18. The van der Waals surface area contributed by atoms with Gasteiger partial charge in [0.05, 0.1) is 6.10 Å². The normalized spacial score (nSPS) is 17.8. The van der Waals surface area contributed by atoms with Gasteiger partial charge in [0.2, 0.25) is 0 Å². The third-order valence-electron chi connectivity index (χ3n) is 4.10. The summed E-state index contributed by atoms with van der Waals surface area (Å²) >= 11 is 0. The molecule has 1 aliphatic heterocycles. The summed E-state index contributed by atoms with van der Waals surface area (Å²) in [7, 11) is 0. The lowest BCUT2D eigenvalue weighted by molar-refractivity contribution is 0.0679.